The van der Waals surface area contributed by atoms with Gasteiger partial charge >= 0.3 is 0 Å². The maximum Gasteiger partial charge on any atom is 0.126 e. The van der Waals surface area contributed by atoms with E-state index < -0.39 is 0 Å². The van der Waals surface area contributed by atoms with Gasteiger partial charge < -0.3 is 10.4 Å². The molecule has 1 saturated carbocycles. The summed E-state index contributed by atoms with van der Waals surface area (Å²) in [6, 6.07) is 5.85. The number of nitrogens with zero attached hydrogens (tertiary/aromatic N) is 1. The van der Waals surface area contributed by atoms with Gasteiger partial charge in [0.2, 0.25) is 0 Å². The molecule has 14 heavy (non-hydrogen) atoms. The van der Waals surface area contributed by atoms with Gasteiger partial charge in [-0.2, -0.15) is 0 Å². The highest BCUT2D eigenvalue weighted by atomic mass is 16.3. The summed E-state index contributed by atoms with van der Waals surface area (Å²) in [5.74, 6) is 1.37. The maximum atomic E-state index is 9.63. The number of anilines is 1. The van der Waals surface area contributed by atoms with E-state index in [1.165, 1.54) is 12.8 Å². The van der Waals surface area contributed by atoms with Gasteiger partial charge in [0.05, 0.1) is 6.10 Å². The molecule has 1 aliphatic rings. The second kappa shape index (κ2) is 3.96. The molecule has 2 N–H and O–H groups in total. The molecule has 76 valence electrons. The van der Waals surface area contributed by atoms with Crippen molar-refractivity contribution in [3.8, 4) is 0 Å². The van der Waals surface area contributed by atoms with E-state index in [-0.39, 0.29) is 6.10 Å². The molecule has 1 heterocycles. The Kier molecular flexibility index (Phi) is 2.68. The molecule has 0 spiro atoms. The Hall–Kier alpha value is -1.09. The SMILES string of the molecule is Cc1cccc(NCC(O)C2CC2)n1. The maximum absolute atomic E-state index is 9.63. The summed E-state index contributed by atoms with van der Waals surface area (Å²) in [6.07, 6.45) is 2.13. The highest BCUT2D eigenvalue weighted by Gasteiger charge is 2.29. The van der Waals surface area contributed by atoms with Crippen molar-refractivity contribution in [3.05, 3.63) is 23.9 Å². The minimum Gasteiger partial charge on any atom is -0.391 e. The molecule has 1 aromatic heterocycles. The first-order valence-corrected chi connectivity index (χ1v) is 5.11. The summed E-state index contributed by atoms with van der Waals surface area (Å²) < 4.78 is 0. The van der Waals surface area contributed by atoms with Crippen molar-refractivity contribution in [1.29, 1.82) is 0 Å². The van der Waals surface area contributed by atoms with Crippen LogP contribution in [0, 0.1) is 12.8 Å². The molecule has 1 atom stereocenters. The summed E-state index contributed by atoms with van der Waals surface area (Å²) in [6.45, 7) is 2.57. The van der Waals surface area contributed by atoms with Crippen LogP contribution in [0.2, 0.25) is 0 Å². The van der Waals surface area contributed by atoms with E-state index in [0.717, 1.165) is 11.5 Å². The van der Waals surface area contributed by atoms with Gasteiger partial charge in [-0.3, -0.25) is 0 Å². The number of hydrogen-bond acceptors (Lipinski definition) is 3. The number of pyridine rings is 1. The molecule has 3 heteroatoms. The number of nitrogens with one attached hydrogen (secondary N) is 1. The van der Waals surface area contributed by atoms with Gasteiger partial charge in [0.25, 0.3) is 0 Å². The van der Waals surface area contributed by atoms with Crippen molar-refractivity contribution >= 4 is 5.82 Å². The van der Waals surface area contributed by atoms with Crippen LogP contribution in [-0.4, -0.2) is 22.7 Å². The largest absolute Gasteiger partial charge is 0.391 e. The minimum absolute atomic E-state index is 0.211. The summed E-state index contributed by atoms with van der Waals surface area (Å²) in [4.78, 5) is 4.30. The van der Waals surface area contributed by atoms with E-state index in [4.69, 9.17) is 0 Å². The van der Waals surface area contributed by atoms with Crippen molar-refractivity contribution in [2.24, 2.45) is 5.92 Å². The molecular weight excluding hydrogens is 176 g/mol. The molecule has 0 saturated heterocycles. The van der Waals surface area contributed by atoms with Crippen molar-refractivity contribution < 1.29 is 5.11 Å². The molecule has 1 aliphatic carbocycles. The van der Waals surface area contributed by atoms with Crippen molar-refractivity contribution in [2.75, 3.05) is 11.9 Å². The number of aliphatic hydroxyl groups is 1. The second-order valence-electron chi connectivity index (χ2n) is 3.95. The molecule has 0 aliphatic heterocycles. The van der Waals surface area contributed by atoms with Gasteiger partial charge in [-0.25, -0.2) is 4.98 Å². The van der Waals surface area contributed by atoms with Crippen molar-refractivity contribution in [1.82, 2.24) is 4.98 Å². The molecule has 0 amide bonds. The summed E-state index contributed by atoms with van der Waals surface area (Å²) in [5.41, 5.74) is 0.996. The van der Waals surface area contributed by atoms with Crippen LogP contribution < -0.4 is 5.32 Å². The molecule has 3 nitrogen and oxygen atoms in total. The topological polar surface area (TPSA) is 45.1 Å². The molecule has 1 unspecified atom stereocenters. The van der Waals surface area contributed by atoms with Crippen LogP contribution in [0.15, 0.2) is 18.2 Å². The van der Waals surface area contributed by atoms with Crippen LogP contribution in [0.3, 0.4) is 0 Å². The lowest BCUT2D eigenvalue weighted by atomic mass is 10.2. The van der Waals surface area contributed by atoms with Crippen molar-refractivity contribution in [2.45, 2.75) is 25.9 Å². The summed E-state index contributed by atoms with van der Waals surface area (Å²) in [5, 5.41) is 12.8. The van der Waals surface area contributed by atoms with Crippen LogP contribution in [0.5, 0.6) is 0 Å². The van der Waals surface area contributed by atoms with Crippen molar-refractivity contribution in [3.63, 3.8) is 0 Å². The average Bonchev–Trinajstić information content (AvgIpc) is 2.97. The monoisotopic (exact) mass is 192 g/mol. The number of hydrogen-bond donors (Lipinski definition) is 2. The van der Waals surface area contributed by atoms with Gasteiger partial charge in [-0.1, -0.05) is 6.07 Å². The summed E-state index contributed by atoms with van der Waals surface area (Å²) >= 11 is 0. The quantitative estimate of drug-likeness (QED) is 0.761. The van der Waals surface area contributed by atoms with Crippen LogP contribution in [0.4, 0.5) is 5.82 Å². The number of rotatable bonds is 4. The Morgan fingerprint density at radius 1 is 1.57 bits per heavy atom. The predicted octanol–water partition coefficient (Wildman–Crippen LogP) is 1.57. The molecule has 0 aromatic carbocycles. The van der Waals surface area contributed by atoms with Crippen LogP contribution >= 0.6 is 0 Å². The molecule has 1 fully saturated rings. The standard InChI is InChI=1S/C11H16N2O/c1-8-3-2-4-11(13-8)12-7-10(14)9-5-6-9/h2-4,9-10,14H,5-7H2,1H3,(H,12,13). The zero-order valence-electron chi connectivity index (χ0n) is 8.40. The van der Waals surface area contributed by atoms with Crippen LogP contribution in [-0.2, 0) is 0 Å². The van der Waals surface area contributed by atoms with E-state index in [0.29, 0.717) is 12.5 Å². The minimum atomic E-state index is -0.211. The van der Waals surface area contributed by atoms with Crippen LogP contribution in [0.25, 0.3) is 0 Å². The van der Waals surface area contributed by atoms with Gasteiger partial charge in [-0.15, -0.1) is 0 Å². The third-order valence-electron chi connectivity index (χ3n) is 2.55. The lowest BCUT2D eigenvalue weighted by molar-refractivity contribution is 0.164. The molecular formula is C11H16N2O. The first-order valence-electron chi connectivity index (χ1n) is 5.11. The number of aliphatic hydroxyl groups excluding tert-OH is 1. The molecule has 0 bridgehead atoms. The van der Waals surface area contributed by atoms with E-state index in [1.807, 2.05) is 25.1 Å². The lowest BCUT2D eigenvalue weighted by Gasteiger charge is -2.11. The third-order valence-corrected chi connectivity index (χ3v) is 2.55. The van der Waals surface area contributed by atoms with Gasteiger partial charge in [0.15, 0.2) is 0 Å². The van der Waals surface area contributed by atoms with Gasteiger partial charge in [0, 0.05) is 12.2 Å². The fraction of sp³-hybridized carbons (Fsp3) is 0.545. The molecule has 0 radical (unpaired) electrons. The lowest BCUT2D eigenvalue weighted by Crippen LogP contribution is -2.21. The normalized spacial score (nSPS) is 17.9. The third kappa shape index (κ3) is 2.45. The van der Waals surface area contributed by atoms with E-state index in [2.05, 4.69) is 10.3 Å². The smallest absolute Gasteiger partial charge is 0.126 e. The Bertz CT molecular complexity index is 310. The van der Waals surface area contributed by atoms with E-state index in [9.17, 15) is 5.11 Å². The Balaban J connectivity index is 1.84. The van der Waals surface area contributed by atoms with E-state index >= 15 is 0 Å². The predicted molar refractivity (Wildman–Crippen MR) is 56.2 cm³/mol. The fourth-order valence-corrected chi connectivity index (χ4v) is 1.50. The zero-order valence-corrected chi connectivity index (χ0v) is 8.40. The first-order chi connectivity index (χ1) is 6.75. The first kappa shape index (κ1) is 9.46. The highest BCUT2D eigenvalue weighted by molar-refractivity contribution is 5.35. The number of aromatic nitrogens is 1. The number of aryl methyl sites for hydroxylation is 1. The average molecular weight is 192 g/mol. The highest BCUT2D eigenvalue weighted by Crippen LogP contribution is 2.32. The fourth-order valence-electron chi connectivity index (χ4n) is 1.50. The van der Waals surface area contributed by atoms with E-state index in [1.54, 1.807) is 0 Å². The second-order valence-corrected chi connectivity index (χ2v) is 3.95. The Morgan fingerprint density at radius 2 is 2.36 bits per heavy atom. The van der Waals surface area contributed by atoms with Gasteiger partial charge in [-0.05, 0) is 37.8 Å². The van der Waals surface area contributed by atoms with Gasteiger partial charge in [0.1, 0.15) is 5.82 Å². The molecule has 1 aromatic rings. The zero-order chi connectivity index (χ0) is 9.97. The summed E-state index contributed by atoms with van der Waals surface area (Å²) in [7, 11) is 0. The Morgan fingerprint density at radius 3 is 3.00 bits per heavy atom. The molecule has 2 rings (SSSR count). The Labute approximate surface area is 84.2 Å². The van der Waals surface area contributed by atoms with Crippen LogP contribution in [0.1, 0.15) is 18.5 Å².